The van der Waals surface area contributed by atoms with Crippen LogP contribution in [-0.4, -0.2) is 116 Å². The molecule has 70 heavy (non-hydrogen) atoms. The molecule has 15 nitrogen and oxygen atoms in total. The van der Waals surface area contributed by atoms with Gasteiger partial charge >= 0.3 is 0 Å². The Bertz CT molecular complexity index is 2710. The van der Waals surface area contributed by atoms with Gasteiger partial charge in [0.2, 0.25) is 17.6 Å². The second-order valence-corrected chi connectivity index (χ2v) is 21.1. The maximum atomic E-state index is 14.5. The predicted octanol–water partition coefficient (Wildman–Crippen LogP) is 7.24. The minimum Gasteiger partial charge on any atom is -0.494 e. The van der Waals surface area contributed by atoms with Gasteiger partial charge in [-0.2, -0.15) is 10.2 Å². The number of ether oxygens (including phenoxy) is 1. The average molecular weight is 977 g/mol. The van der Waals surface area contributed by atoms with Gasteiger partial charge in [0, 0.05) is 78.2 Å². The van der Waals surface area contributed by atoms with Crippen molar-refractivity contribution in [3.05, 3.63) is 111 Å². The fourth-order valence-corrected chi connectivity index (χ4v) is 12.4. The van der Waals surface area contributed by atoms with E-state index in [0.29, 0.717) is 47.1 Å². The number of carbonyl (C=O) groups excluding carboxylic acids is 4. The molecule has 2 aromatic carbocycles. The Morgan fingerprint density at radius 2 is 1.80 bits per heavy atom. The summed E-state index contributed by atoms with van der Waals surface area (Å²) in [5.74, 6) is -3.48. The summed E-state index contributed by atoms with van der Waals surface area (Å²) in [6.45, 7) is 6.94. The van der Waals surface area contributed by atoms with Crippen LogP contribution in [0.15, 0.2) is 72.4 Å². The zero-order valence-electron chi connectivity index (χ0n) is 40.0. The summed E-state index contributed by atoms with van der Waals surface area (Å²) in [5, 5.41) is 23.3. The topological polar surface area (TPSA) is 179 Å². The minimum atomic E-state index is -2.75. The van der Waals surface area contributed by atoms with Gasteiger partial charge in [-0.05, 0) is 76.1 Å². The van der Waals surface area contributed by atoms with Crippen molar-refractivity contribution in [2.45, 2.75) is 108 Å². The number of benzene rings is 2. The maximum Gasteiger partial charge on any atom is 0.276 e. The number of aromatic nitrogens is 5. The highest BCUT2D eigenvalue weighted by Crippen LogP contribution is 2.70. The smallest absolute Gasteiger partial charge is 0.276 e. The fourth-order valence-electron chi connectivity index (χ4n) is 11.4. The molecule has 5 aliphatic rings. The average Bonchev–Trinajstić information content (AvgIpc) is 4.12. The van der Waals surface area contributed by atoms with Crippen molar-refractivity contribution < 1.29 is 32.7 Å². The molecule has 2 unspecified atom stereocenters. The van der Waals surface area contributed by atoms with E-state index in [1.165, 1.54) is 11.3 Å². The fraction of sp³-hybridized carbons (Fsp3) is 0.519. The molecule has 0 spiro atoms. The van der Waals surface area contributed by atoms with E-state index >= 15 is 0 Å². The van der Waals surface area contributed by atoms with Crippen LogP contribution in [0.5, 0.6) is 5.75 Å². The number of nitrogens with zero attached hydrogens (tertiary/aromatic N) is 6. The van der Waals surface area contributed by atoms with Crippen molar-refractivity contribution in [2.24, 2.45) is 23.2 Å². The summed E-state index contributed by atoms with van der Waals surface area (Å²) in [6, 6.07) is 16.0. The van der Waals surface area contributed by atoms with Crippen LogP contribution in [0.25, 0.3) is 0 Å². The first-order chi connectivity index (χ1) is 33.8. The number of nitrogens with one attached hydrogen (secondary N) is 4. The standard InChI is InChI=1S/C52H62F2N10O5S/c1-31(55-3)47(66)59-43(32-13-6-4-7-14-32)50(68)63-21-11-19-41(63)49-58-40(30-70-49)46(65)34-17-10-18-37(23-34)69-22-12-20-62-27-35(28-62)45(33-15-8-5-9-16-33)64-29-36(26-56-64)57-48(67)44-38-24-42-51(2,52(42,53)54)25-39(38)60-61-44/h5,8-10,15-18,23,26,29-32,35,41-43,45,55H,4,6-7,11-14,19-22,24-25,27-28H2,1-3H3,(H,57,67)(H,59,66)(H,60,61)/t31-,41-,42?,43-,45+,51?/m0/s1. The highest BCUT2D eigenvalue weighted by Gasteiger charge is 2.78. The molecule has 10 rings (SSSR count). The summed E-state index contributed by atoms with van der Waals surface area (Å²) in [7, 11) is 1.74. The van der Waals surface area contributed by atoms with Crippen molar-refractivity contribution in [2.75, 3.05) is 45.2 Å². The number of amides is 3. The third-order valence-corrected chi connectivity index (χ3v) is 16.7. The molecule has 6 atom stereocenters. The summed E-state index contributed by atoms with van der Waals surface area (Å²) in [5.41, 5.74) is 2.67. The number of hydrogen-bond acceptors (Lipinski definition) is 11. The van der Waals surface area contributed by atoms with E-state index in [1.807, 2.05) is 46.1 Å². The molecule has 5 heterocycles. The van der Waals surface area contributed by atoms with Crippen LogP contribution >= 0.6 is 11.3 Å². The quantitative estimate of drug-likeness (QED) is 0.0517. The molecule has 2 saturated heterocycles. The summed E-state index contributed by atoms with van der Waals surface area (Å²) < 4.78 is 37.1. The maximum absolute atomic E-state index is 14.5. The molecule has 3 aromatic heterocycles. The van der Waals surface area contributed by atoms with E-state index in [-0.39, 0.29) is 60.1 Å². The van der Waals surface area contributed by atoms with Crippen LogP contribution in [0, 0.1) is 23.2 Å². The number of alkyl halides is 2. The van der Waals surface area contributed by atoms with Gasteiger partial charge < -0.3 is 30.5 Å². The molecular formula is C52H62F2N10O5S. The molecule has 4 fully saturated rings. The number of rotatable bonds is 18. The van der Waals surface area contributed by atoms with Gasteiger partial charge in [-0.3, -0.25) is 29.0 Å². The molecule has 4 N–H and O–H groups in total. The Balaban J connectivity index is 0.713. The number of anilines is 1. The zero-order chi connectivity index (χ0) is 48.7. The van der Waals surface area contributed by atoms with Gasteiger partial charge in [0.1, 0.15) is 22.5 Å². The van der Waals surface area contributed by atoms with Crippen LogP contribution in [0.2, 0.25) is 0 Å². The SMILES string of the molecule is CN[C@@H](C)C(=O)N[C@H](C(=O)N1CCC[C@H]1c1nc(C(=O)c2cccc(OCCCN3CC([C@@H](c4ccccc4)n4cc(NC(=O)c5n[nH]c6c5CC5C(F)(F)C5(C)C6)cn4)C3)c2)cs1)C1CCCCC1. The van der Waals surface area contributed by atoms with Crippen LogP contribution in [-0.2, 0) is 22.4 Å². The summed E-state index contributed by atoms with van der Waals surface area (Å²) in [4.78, 5) is 63.6. The van der Waals surface area contributed by atoms with Crippen molar-refractivity contribution in [1.29, 1.82) is 0 Å². The molecular weight excluding hydrogens is 915 g/mol. The highest BCUT2D eigenvalue weighted by atomic mass is 32.1. The van der Waals surface area contributed by atoms with Gasteiger partial charge in [-0.15, -0.1) is 11.3 Å². The third-order valence-electron chi connectivity index (χ3n) is 15.8. The molecule has 5 aromatic rings. The Labute approximate surface area is 410 Å². The lowest BCUT2D eigenvalue weighted by Crippen LogP contribution is -2.55. The number of carbonyl (C=O) groups is 4. The van der Waals surface area contributed by atoms with Crippen molar-refractivity contribution in [3.8, 4) is 5.75 Å². The van der Waals surface area contributed by atoms with Crippen LogP contribution in [0.4, 0.5) is 14.5 Å². The van der Waals surface area contributed by atoms with Crippen LogP contribution < -0.4 is 20.7 Å². The molecule has 0 radical (unpaired) electrons. The van der Waals surface area contributed by atoms with E-state index in [9.17, 15) is 28.0 Å². The predicted molar refractivity (Wildman–Crippen MR) is 260 cm³/mol. The van der Waals surface area contributed by atoms with Gasteiger partial charge in [0.05, 0.1) is 36.6 Å². The molecule has 18 heteroatoms. The molecule has 3 aliphatic carbocycles. The van der Waals surface area contributed by atoms with E-state index in [1.54, 1.807) is 44.6 Å². The van der Waals surface area contributed by atoms with Gasteiger partial charge in [0.25, 0.3) is 11.8 Å². The van der Waals surface area contributed by atoms with E-state index < -0.39 is 35.2 Å². The lowest BCUT2D eigenvalue weighted by molar-refractivity contribution is -0.139. The molecule has 370 valence electrons. The van der Waals surface area contributed by atoms with E-state index in [2.05, 4.69) is 48.3 Å². The number of H-pyrrole nitrogens is 1. The first-order valence-electron chi connectivity index (χ1n) is 24.9. The largest absolute Gasteiger partial charge is 0.494 e. The van der Waals surface area contributed by atoms with Crippen LogP contribution in [0.1, 0.15) is 126 Å². The molecule has 3 amide bonds. The van der Waals surface area contributed by atoms with Gasteiger partial charge in [-0.1, -0.05) is 68.7 Å². The summed E-state index contributed by atoms with van der Waals surface area (Å²) in [6.07, 6.45) is 11.1. The number of thiazole rings is 1. The number of hydrogen-bond donors (Lipinski definition) is 4. The van der Waals surface area contributed by atoms with Crippen molar-refractivity contribution >= 4 is 40.5 Å². The molecule has 0 bridgehead atoms. The second kappa shape index (κ2) is 19.7. The third kappa shape index (κ3) is 9.29. The van der Waals surface area contributed by atoms with Crippen molar-refractivity contribution in [3.63, 3.8) is 0 Å². The van der Waals surface area contributed by atoms with E-state index in [4.69, 9.17) is 9.72 Å². The van der Waals surface area contributed by atoms with Gasteiger partial charge in [-0.25, -0.2) is 13.8 Å². The number of halogens is 2. The lowest BCUT2D eigenvalue weighted by Gasteiger charge is -2.43. The first kappa shape index (κ1) is 47.8. The number of likely N-dealkylation sites (N-methyl/N-ethyl adjacent to an activating group) is 1. The number of likely N-dealkylation sites (tertiary alicyclic amines) is 2. The van der Waals surface area contributed by atoms with Gasteiger partial charge in [0.15, 0.2) is 5.69 Å². The molecule has 2 saturated carbocycles. The Hall–Kier alpha value is -5.85. The van der Waals surface area contributed by atoms with E-state index in [0.717, 1.165) is 81.6 Å². The summed E-state index contributed by atoms with van der Waals surface area (Å²) >= 11 is 1.40. The number of fused-ring (bicyclic) bond motifs is 2. The molecule has 2 aliphatic heterocycles. The normalized spacial score (nSPS) is 23.4. The van der Waals surface area contributed by atoms with Crippen molar-refractivity contribution in [1.82, 2.24) is 45.4 Å². The monoisotopic (exact) mass is 976 g/mol. The number of ketones is 1. The Kier molecular flexibility index (Phi) is 13.5. The number of aromatic amines is 1. The lowest BCUT2D eigenvalue weighted by atomic mass is 9.83. The second-order valence-electron chi connectivity index (χ2n) is 20.3. The minimum absolute atomic E-state index is 0.0608. The first-order valence-corrected chi connectivity index (χ1v) is 25.8. The zero-order valence-corrected chi connectivity index (χ0v) is 40.8. The Morgan fingerprint density at radius 3 is 2.59 bits per heavy atom. The Morgan fingerprint density at radius 1 is 1.00 bits per heavy atom. The van der Waals surface area contributed by atoms with Crippen LogP contribution in [0.3, 0.4) is 0 Å². The highest BCUT2D eigenvalue weighted by molar-refractivity contribution is 7.10.